The molecule has 12 heavy (non-hydrogen) atoms. The van der Waals surface area contributed by atoms with Crippen LogP contribution in [0.4, 0.5) is 5.95 Å². The topological polar surface area (TPSA) is 58.0 Å². The number of halogens is 1. The summed E-state index contributed by atoms with van der Waals surface area (Å²) in [5.41, 5.74) is 0. The molecule has 0 bridgehead atoms. The zero-order valence-electron chi connectivity index (χ0n) is 6.66. The monoisotopic (exact) mass is 187 g/mol. The molecule has 5 heteroatoms. The zero-order valence-corrected chi connectivity index (χ0v) is 7.41. The average Bonchev–Trinajstić information content (AvgIpc) is 2.03. The number of anilines is 1. The van der Waals surface area contributed by atoms with Crippen molar-refractivity contribution in [2.24, 2.45) is 0 Å². The summed E-state index contributed by atoms with van der Waals surface area (Å²) in [6, 6.07) is 0. The van der Waals surface area contributed by atoms with Gasteiger partial charge >= 0.3 is 0 Å². The average molecular weight is 188 g/mol. The predicted octanol–water partition coefficient (Wildman–Crippen LogP) is 0.923. The van der Waals surface area contributed by atoms with Gasteiger partial charge in [-0.1, -0.05) is 11.6 Å². The van der Waals surface area contributed by atoms with Crippen LogP contribution in [0.5, 0.6) is 0 Å². The summed E-state index contributed by atoms with van der Waals surface area (Å²) in [6.45, 7) is 2.12. The van der Waals surface area contributed by atoms with Crippen LogP contribution in [0.15, 0.2) is 12.4 Å². The Hall–Kier alpha value is -0.870. The van der Waals surface area contributed by atoms with Crippen molar-refractivity contribution in [3.8, 4) is 0 Å². The number of aromatic nitrogens is 2. The van der Waals surface area contributed by atoms with Gasteiger partial charge in [0, 0.05) is 6.54 Å². The fraction of sp³-hybridized carbons (Fsp3) is 0.429. The van der Waals surface area contributed by atoms with E-state index in [0.717, 1.165) is 0 Å². The fourth-order valence-electron chi connectivity index (χ4n) is 0.643. The molecule has 0 fully saturated rings. The second-order valence-corrected chi connectivity index (χ2v) is 2.89. The Morgan fingerprint density at radius 3 is 2.67 bits per heavy atom. The minimum atomic E-state index is -0.413. The molecular formula is C7H10ClN3O. The number of rotatable bonds is 3. The number of hydrogen-bond donors (Lipinski definition) is 2. The third kappa shape index (κ3) is 3.02. The molecule has 0 amide bonds. The van der Waals surface area contributed by atoms with E-state index in [1.54, 1.807) is 6.92 Å². The molecule has 0 aliphatic rings. The third-order valence-electron chi connectivity index (χ3n) is 1.18. The molecule has 1 aromatic heterocycles. The molecule has 0 spiro atoms. The molecule has 1 aromatic rings. The van der Waals surface area contributed by atoms with Crippen LogP contribution in [0.25, 0.3) is 0 Å². The van der Waals surface area contributed by atoms with Crippen molar-refractivity contribution in [2.45, 2.75) is 13.0 Å². The quantitative estimate of drug-likeness (QED) is 0.739. The maximum atomic E-state index is 8.92. The molecule has 1 rings (SSSR count). The second-order valence-electron chi connectivity index (χ2n) is 2.45. The number of aliphatic hydroxyl groups is 1. The van der Waals surface area contributed by atoms with E-state index in [0.29, 0.717) is 17.5 Å². The van der Waals surface area contributed by atoms with Crippen molar-refractivity contribution >= 4 is 17.5 Å². The molecule has 4 nitrogen and oxygen atoms in total. The summed E-state index contributed by atoms with van der Waals surface area (Å²) in [7, 11) is 0. The first-order valence-electron chi connectivity index (χ1n) is 3.58. The normalized spacial score (nSPS) is 12.6. The number of hydrogen-bond acceptors (Lipinski definition) is 4. The highest BCUT2D eigenvalue weighted by Crippen LogP contribution is 2.05. The Morgan fingerprint density at radius 1 is 1.58 bits per heavy atom. The van der Waals surface area contributed by atoms with E-state index in [2.05, 4.69) is 15.3 Å². The van der Waals surface area contributed by atoms with Crippen LogP contribution in [0.2, 0.25) is 5.02 Å². The highest BCUT2D eigenvalue weighted by Gasteiger charge is 1.97. The van der Waals surface area contributed by atoms with Crippen LogP contribution in [0.1, 0.15) is 6.92 Å². The minimum absolute atomic E-state index is 0.413. The van der Waals surface area contributed by atoms with Gasteiger partial charge in [0.15, 0.2) is 0 Å². The van der Waals surface area contributed by atoms with Crippen molar-refractivity contribution in [1.82, 2.24) is 9.97 Å². The summed E-state index contributed by atoms with van der Waals surface area (Å²) in [5, 5.41) is 12.3. The van der Waals surface area contributed by atoms with Crippen molar-refractivity contribution in [2.75, 3.05) is 11.9 Å². The first kappa shape index (κ1) is 9.22. The molecule has 0 saturated heterocycles. The zero-order chi connectivity index (χ0) is 8.97. The predicted molar refractivity (Wildman–Crippen MR) is 47.2 cm³/mol. The van der Waals surface area contributed by atoms with Gasteiger partial charge in [-0.3, -0.25) is 0 Å². The molecule has 0 aliphatic carbocycles. The summed E-state index contributed by atoms with van der Waals surface area (Å²) in [4.78, 5) is 7.77. The van der Waals surface area contributed by atoms with E-state index in [1.807, 2.05) is 0 Å². The standard InChI is InChI=1S/C7H10ClN3O/c1-5(12)2-9-7-10-3-6(8)4-11-7/h3-5,12H,2H2,1H3,(H,9,10,11). The lowest BCUT2D eigenvalue weighted by molar-refractivity contribution is 0.208. The minimum Gasteiger partial charge on any atom is -0.392 e. The van der Waals surface area contributed by atoms with Crippen LogP contribution in [0.3, 0.4) is 0 Å². The van der Waals surface area contributed by atoms with E-state index < -0.39 is 6.10 Å². The molecule has 0 aromatic carbocycles. The Kier molecular flexibility index (Phi) is 3.25. The lowest BCUT2D eigenvalue weighted by Gasteiger charge is -2.05. The van der Waals surface area contributed by atoms with E-state index in [1.165, 1.54) is 12.4 Å². The lowest BCUT2D eigenvalue weighted by atomic mass is 10.4. The van der Waals surface area contributed by atoms with Gasteiger partial charge in [-0.2, -0.15) is 0 Å². The number of nitrogens with zero attached hydrogens (tertiary/aromatic N) is 2. The van der Waals surface area contributed by atoms with Gasteiger partial charge in [-0.05, 0) is 6.92 Å². The van der Waals surface area contributed by atoms with Crippen LogP contribution in [-0.2, 0) is 0 Å². The molecule has 1 heterocycles. The van der Waals surface area contributed by atoms with E-state index >= 15 is 0 Å². The SMILES string of the molecule is CC(O)CNc1ncc(Cl)cn1. The van der Waals surface area contributed by atoms with Gasteiger partial charge in [0.1, 0.15) is 0 Å². The van der Waals surface area contributed by atoms with Gasteiger partial charge in [0.2, 0.25) is 5.95 Å². The second kappa shape index (κ2) is 4.23. The fourth-order valence-corrected chi connectivity index (χ4v) is 0.740. The largest absolute Gasteiger partial charge is 0.392 e. The Balaban J connectivity index is 2.48. The smallest absolute Gasteiger partial charge is 0.222 e. The summed E-state index contributed by atoms with van der Waals surface area (Å²) in [6.07, 6.45) is 2.59. The summed E-state index contributed by atoms with van der Waals surface area (Å²) in [5.74, 6) is 0.473. The Labute approximate surface area is 75.6 Å². The van der Waals surface area contributed by atoms with Crippen molar-refractivity contribution in [3.63, 3.8) is 0 Å². The van der Waals surface area contributed by atoms with Gasteiger partial charge in [0.25, 0.3) is 0 Å². The first-order chi connectivity index (χ1) is 5.68. The van der Waals surface area contributed by atoms with Crippen molar-refractivity contribution in [3.05, 3.63) is 17.4 Å². The highest BCUT2D eigenvalue weighted by molar-refractivity contribution is 6.30. The van der Waals surface area contributed by atoms with Crippen LogP contribution in [0, 0.1) is 0 Å². The Bertz CT molecular complexity index is 237. The molecule has 0 aliphatic heterocycles. The molecule has 1 unspecified atom stereocenters. The van der Waals surface area contributed by atoms with Crippen LogP contribution < -0.4 is 5.32 Å². The molecule has 0 radical (unpaired) electrons. The first-order valence-corrected chi connectivity index (χ1v) is 3.96. The summed E-state index contributed by atoms with van der Waals surface area (Å²) < 4.78 is 0. The van der Waals surface area contributed by atoms with E-state index in [4.69, 9.17) is 16.7 Å². The molecule has 1 atom stereocenters. The molecule has 66 valence electrons. The highest BCUT2D eigenvalue weighted by atomic mass is 35.5. The van der Waals surface area contributed by atoms with Gasteiger partial charge in [-0.15, -0.1) is 0 Å². The lowest BCUT2D eigenvalue weighted by Crippen LogP contribution is -2.16. The van der Waals surface area contributed by atoms with Gasteiger partial charge in [0.05, 0.1) is 23.5 Å². The van der Waals surface area contributed by atoms with Crippen molar-refractivity contribution < 1.29 is 5.11 Å². The van der Waals surface area contributed by atoms with Crippen LogP contribution in [-0.4, -0.2) is 27.7 Å². The third-order valence-corrected chi connectivity index (χ3v) is 1.37. The van der Waals surface area contributed by atoms with Crippen LogP contribution >= 0.6 is 11.6 Å². The molecular weight excluding hydrogens is 178 g/mol. The van der Waals surface area contributed by atoms with Gasteiger partial charge < -0.3 is 10.4 Å². The number of nitrogens with one attached hydrogen (secondary N) is 1. The van der Waals surface area contributed by atoms with Gasteiger partial charge in [-0.25, -0.2) is 9.97 Å². The van der Waals surface area contributed by atoms with E-state index in [-0.39, 0.29) is 0 Å². The summed E-state index contributed by atoms with van der Waals surface area (Å²) >= 11 is 5.57. The maximum absolute atomic E-state index is 8.92. The maximum Gasteiger partial charge on any atom is 0.222 e. The Morgan fingerprint density at radius 2 is 2.17 bits per heavy atom. The molecule has 0 saturated carbocycles. The van der Waals surface area contributed by atoms with E-state index in [9.17, 15) is 0 Å². The van der Waals surface area contributed by atoms with Crippen molar-refractivity contribution in [1.29, 1.82) is 0 Å². The number of aliphatic hydroxyl groups excluding tert-OH is 1. The molecule has 2 N–H and O–H groups in total.